The van der Waals surface area contributed by atoms with Crippen molar-refractivity contribution in [2.45, 2.75) is 6.42 Å². The minimum Gasteiger partial charge on any atom is -0.369 e. The summed E-state index contributed by atoms with van der Waals surface area (Å²) in [4.78, 5) is 28.4. The number of hydrogen-bond donors (Lipinski definition) is 2. The molecule has 2 amide bonds. The molecule has 0 aliphatic carbocycles. The van der Waals surface area contributed by atoms with Gasteiger partial charge in [-0.3, -0.25) is 14.9 Å². The van der Waals surface area contributed by atoms with E-state index in [4.69, 9.17) is 5.73 Å². The Morgan fingerprint density at radius 1 is 1.21 bits per heavy atom. The number of hydrogen-bond acceptors (Lipinski definition) is 5. The molecular formula is C16H12FN3O2S2. The molecule has 0 atom stereocenters. The van der Waals surface area contributed by atoms with E-state index in [1.807, 2.05) is 0 Å². The van der Waals surface area contributed by atoms with Crippen molar-refractivity contribution in [3.8, 4) is 10.4 Å². The van der Waals surface area contributed by atoms with Crippen LogP contribution in [0.5, 0.6) is 0 Å². The van der Waals surface area contributed by atoms with E-state index in [9.17, 15) is 14.0 Å². The largest absolute Gasteiger partial charge is 0.369 e. The van der Waals surface area contributed by atoms with Gasteiger partial charge in [0.2, 0.25) is 5.91 Å². The van der Waals surface area contributed by atoms with Crippen molar-refractivity contribution in [3.63, 3.8) is 0 Å². The van der Waals surface area contributed by atoms with Crippen molar-refractivity contribution in [1.82, 2.24) is 4.98 Å². The minimum absolute atomic E-state index is 0.0306. The van der Waals surface area contributed by atoms with Gasteiger partial charge in [0.1, 0.15) is 5.82 Å². The van der Waals surface area contributed by atoms with Crippen molar-refractivity contribution in [3.05, 3.63) is 58.2 Å². The van der Waals surface area contributed by atoms with E-state index >= 15 is 0 Å². The van der Waals surface area contributed by atoms with E-state index in [2.05, 4.69) is 10.3 Å². The molecule has 122 valence electrons. The second kappa shape index (κ2) is 6.90. The summed E-state index contributed by atoms with van der Waals surface area (Å²) in [5.41, 5.74) is 6.08. The van der Waals surface area contributed by atoms with E-state index in [0.717, 1.165) is 0 Å². The number of primary amides is 1. The van der Waals surface area contributed by atoms with Crippen LogP contribution in [0.4, 0.5) is 9.52 Å². The van der Waals surface area contributed by atoms with Crippen LogP contribution >= 0.6 is 22.7 Å². The fourth-order valence-corrected chi connectivity index (χ4v) is 3.68. The van der Waals surface area contributed by atoms with Gasteiger partial charge >= 0.3 is 0 Å². The predicted molar refractivity (Wildman–Crippen MR) is 92.7 cm³/mol. The van der Waals surface area contributed by atoms with Gasteiger partial charge in [-0.15, -0.1) is 22.7 Å². The Balaban J connectivity index is 1.73. The van der Waals surface area contributed by atoms with Crippen LogP contribution in [0, 0.1) is 5.82 Å². The van der Waals surface area contributed by atoms with Crippen LogP contribution in [0.25, 0.3) is 10.4 Å². The van der Waals surface area contributed by atoms with Crippen LogP contribution in [0.2, 0.25) is 0 Å². The first-order chi connectivity index (χ1) is 11.5. The first kappa shape index (κ1) is 16.3. The number of halogens is 1. The van der Waals surface area contributed by atoms with E-state index in [-0.39, 0.29) is 18.1 Å². The minimum atomic E-state index is -0.481. The number of nitrogens with one attached hydrogen (secondary N) is 1. The molecule has 0 aliphatic heterocycles. The lowest BCUT2D eigenvalue weighted by Gasteiger charge is -1.99. The molecule has 0 bridgehead atoms. The van der Waals surface area contributed by atoms with Gasteiger partial charge in [-0.1, -0.05) is 18.2 Å². The molecule has 2 aromatic heterocycles. The molecule has 3 rings (SSSR count). The van der Waals surface area contributed by atoms with Gasteiger partial charge < -0.3 is 5.73 Å². The third-order valence-electron chi connectivity index (χ3n) is 3.10. The smallest absolute Gasteiger partial charge is 0.267 e. The van der Waals surface area contributed by atoms with E-state index < -0.39 is 5.91 Å². The lowest BCUT2D eigenvalue weighted by molar-refractivity contribution is -0.117. The second-order valence-corrected chi connectivity index (χ2v) is 6.83. The average molecular weight is 361 g/mol. The van der Waals surface area contributed by atoms with Crippen LogP contribution in [-0.2, 0) is 11.2 Å². The number of carbonyl (C=O) groups is 2. The standard InChI is InChI=1S/C16H12FN3O2S2/c17-11-4-2-1-3-10(11)12-5-6-13(24-12)15(22)20-16-19-9(8-23-16)7-14(18)21/h1-6,8H,7H2,(H2,18,21)(H,19,20,22). The number of thiazole rings is 1. The Labute approximate surface area is 145 Å². The zero-order valence-electron chi connectivity index (χ0n) is 12.3. The van der Waals surface area contributed by atoms with Crippen LogP contribution in [0.3, 0.4) is 0 Å². The van der Waals surface area contributed by atoms with Gasteiger partial charge in [-0.2, -0.15) is 0 Å². The quantitative estimate of drug-likeness (QED) is 0.731. The van der Waals surface area contributed by atoms with Crippen LogP contribution < -0.4 is 11.1 Å². The fraction of sp³-hybridized carbons (Fsp3) is 0.0625. The highest BCUT2D eigenvalue weighted by Crippen LogP contribution is 2.30. The van der Waals surface area contributed by atoms with Crippen molar-refractivity contribution in [2.24, 2.45) is 5.73 Å². The number of carbonyl (C=O) groups excluding carboxylic acids is 2. The third kappa shape index (κ3) is 3.66. The highest BCUT2D eigenvalue weighted by Gasteiger charge is 2.14. The number of nitrogens with two attached hydrogens (primary N) is 1. The summed E-state index contributed by atoms with van der Waals surface area (Å²) in [5.74, 6) is -1.14. The molecule has 3 aromatic rings. The van der Waals surface area contributed by atoms with Gasteiger partial charge in [0.15, 0.2) is 5.13 Å². The third-order valence-corrected chi connectivity index (χ3v) is 5.02. The molecule has 0 saturated carbocycles. The molecular weight excluding hydrogens is 349 g/mol. The van der Waals surface area contributed by atoms with Crippen LogP contribution in [0.15, 0.2) is 41.8 Å². The number of amides is 2. The van der Waals surface area contributed by atoms with E-state index in [0.29, 0.717) is 26.1 Å². The molecule has 1 aromatic carbocycles. The first-order valence-corrected chi connectivity index (χ1v) is 8.61. The molecule has 0 radical (unpaired) electrons. The van der Waals surface area contributed by atoms with Gasteiger partial charge in [0.05, 0.1) is 17.0 Å². The zero-order valence-corrected chi connectivity index (χ0v) is 13.9. The Hall–Kier alpha value is -2.58. The molecule has 0 unspecified atom stereocenters. The Kier molecular flexibility index (Phi) is 4.68. The normalized spacial score (nSPS) is 10.5. The number of aromatic nitrogens is 1. The topological polar surface area (TPSA) is 85.1 Å². The fourth-order valence-electron chi connectivity index (χ4n) is 2.05. The maximum atomic E-state index is 13.8. The van der Waals surface area contributed by atoms with Crippen molar-refractivity contribution >= 4 is 39.6 Å². The first-order valence-electron chi connectivity index (χ1n) is 6.92. The second-order valence-electron chi connectivity index (χ2n) is 4.88. The molecule has 0 fully saturated rings. The molecule has 0 saturated heterocycles. The van der Waals surface area contributed by atoms with Gasteiger partial charge in [-0.05, 0) is 18.2 Å². The lowest BCUT2D eigenvalue weighted by atomic mass is 10.2. The number of anilines is 1. The lowest BCUT2D eigenvalue weighted by Crippen LogP contribution is -2.14. The van der Waals surface area contributed by atoms with Gasteiger partial charge in [0.25, 0.3) is 5.91 Å². The van der Waals surface area contributed by atoms with E-state index in [1.165, 1.54) is 28.7 Å². The number of rotatable bonds is 5. The van der Waals surface area contributed by atoms with Crippen molar-refractivity contribution in [1.29, 1.82) is 0 Å². The molecule has 8 heteroatoms. The highest BCUT2D eigenvalue weighted by molar-refractivity contribution is 7.17. The highest BCUT2D eigenvalue weighted by atomic mass is 32.1. The molecule has 24 heavy (non-hydrogen) atoms. The average Bonchev–Trinajstić information content (AvgIpc) is 3.17. The molecule has 3 N–H and O–H groups in total. The summed E-state index contributed by atoms with van der Waals surface area (Å²) in [7, 11) is 0. The van der Waals surface area contributed by atoms with Crippen molar-refractivity contribution in [2.75, 3.05) is 5.32 Å². The van der Waals surface area contributed by atoms with Crippen molar-refractivity contribution < 1.29 is 14.0 Å². The number of nitrogens with zero attached hydrogens (tertiary/aromatic N) is 1. The summed E-state index contributed by atoms with van der Waals surface area (Å²) in [6.45, 7) is 0. The summed E-state index contributed by atoms with van der Waals surface area (Å²) in [6.07, 6.45) is 0.0306. The van der Waals surface area contributed by atoms with Crippen LogP contribution in [-0.4, -0.2) is 16.8 Å². The molecule has 5 nitrogen and oxygen atoms in total. The SMILES string of the molecule is NC(=O)Cc1csc(NC(=O)c2ccc(-c3ccccc3F)s2)n1. The van der Waals surface area contributed by atoms with Crippen LogP contribution in [0.1, 0.15) is 15.4 Å². The maximum Gasteiger partial charge on any atom is 0.267 e. The molecule has 0 aliphatic rings. The summed E-state index contributed by atoms with van der Waals surface area (Å²) < 4.78 is 13.8. The molecule has 2 heterocycles. The molecule has 0 spiro atoms. The summed E-state index contributed by atoms with van der Waals surface area (Å²) >= 11 is 2.41. The maximum absolute atomic E-state index is 13.8. The number of benzene rings is 1. The predicted octanol–water partition coefficient (Wildman–Crippen LogP) is 3.29. The Morgan fingerprint density at radius 3 is 2.75 bits per heavy atom. The zero-order chi connectivity index (χ0) is 17.1. The van der Waals surface area contributed by atoms with Gasteiger partial charge in [-0.25, -0.2) is 9.37 Å². The number of thiophene rings is 1. The Bertz CT molecular complexity index is 904. The van der Waals surface area contributed by atoms with Gasteiger partial charge in [0, 0.05) is 15.8 Å². The monoisotopic (exact) mass is 361 g/mol. The summed E-state index contributed by atoms with van der Waals surface area (Å²) in [5, 5.41) is 4.72. The Morgan fingerprint density at radius 2 is 2.00 bits per heavy atom. The summed E-state index contributed by atoms with van der Waals surface area (Å²) in [6, 6.07) is 9.75. The van der Waals surface area contributed by atoms with E-state index in [1.54, 1.807) is 35.7 Å².